The first-order valence-corrected chi connectivity index (χ1v) is 8.03. The normalized spacial score (nSPS) is 14.6. The molecule has 0 radical (unpaired) electrons. The highest BCUT2D eigenvalue weighted by molar-refractivity contribution is 5.94. The maximum absolute atomic E-state index is 13.8. The Morgan fingerprint density at radius 1 is 1.08 bits per heavy atom. The van der Waals surface area contributed by atoms with Crippen molar-refractivity contribution in [2.75, 3.05) is 38.2 Å². The van der Waals surface area contributed by atoms with Gasteiger partial charge in [-0.3, -0.25) is 4.79 Å². The van der Waals surface area contributed by atoms with Gasteiger partial charge < -0.3 is 14.5 Å². The topological polar surface area (TPSA) is 32.8 Å². The highest BCUT2D eigenvalue weighted by atomic mass is 19.1. The van der Waals surface area contributed by atoms with E-state index in [0.29, 0.717) is 26.2 Å². The molecule has 126 valence electrons. The minimum atomic E-state index is -0.467. The van der Waals surface area contributed by atoms with Crippen molar-refractivity contribution in [3.05, 3.63) is 59.4 Å². The third-order valence-corrected chi connectivity index (χ3v) is 4.35. The smallest absolute Gasteiger partial charge is 0.256 e. The Morgan fingerprint density at radius 2 is 1.79 bits per heavy atom. The highest BCUT2D eigenvalue weighted by Crippen LogP contribution is 2.30. The van der Waals surface area contributed by atoms with Crippen LogP contribution in [0.1, 0.15) is 15.9 Å². The molecular weight excluding hydrogens is 307 g/mol. The molecule has 3 rings (SSSR count). The van der Waals surface area contributed by atoms with Gasteiger partial charge in [-0.05, 0) is 36.8 Å². The number of aryl methyl sites for hydroxylation is 1. The molecule has 0 unspecified atom stereocenters. The van der Waals surface area contributed by atoms with Crippen LogP contribution in [0.15, 0.2) is 42.5 Å². The Balaban J connectivity index is 1.71. The minimum absolute atomic E-state index is 0.138. The van der Waals surface area contributed by atoms with Gasteiger partial charge in [0.1, 0.15) is 11.6 Å². The number of rotatable bonds is 3. The van der Waals surface area contributed by atoms with Gasteiger partial charge >= 0.3 is 0 Å². The number of nitrogens with zero attached hydrogens (tertiary/aromatic N) is 2. The first-order chi connectivity index (χ1) is 11.6. The van der Waals surface area contributed by atoms with Crippen LogP contribution in [0.3, 0.4) is 0 Å². The minimum Gasteiger partial charge on any atom is -0.495 e. The molecule has 2 aromatic carbocycles. The van der Waals surface area contributed by atoms with E-state index in [0.717, 1.165) is 17.0 Å². The number of halogens is 1. The van der Waals surface area contributed by atoms with Gasteiger partial charge in [0.15, 0.2) is 0 Å². The first-order valence-electron chi connectivity index (χ1n) is 8.03. The van der Waals surface area contributed by atoms with Gasteiger partial charge in [-0.2, -0.15) is 0 Å². The molecule has 0 bridgehead atoms. The van der Waals surface area contributed by atoms with Crippen LogP contribution in [-0.4, -0.2) is 44.1 Å². The molecule has 5 heteroatoms. The summed E-state index contributed by atoms with van der Waals surface area (Å²) < 4.78 is 19.2. The molecule has 1 aliphatic heterocycles. The van der Waals surface area contributed by atoms with E-state index < -0.39 is 5.82 Å². The molecular formula is C19H21FN2O2. The van der Waals surface area contributed by atoms with Gasteiger partial charge in [-0.1, -0.05) is 18.2 Å². The summed E-state index contributed by atoms with van der Waals surface area (Å²) in [6.07, 6.45) is 0. The van der Waals surface area contributed by atoms with Gasteiger partial charge in [0.05, 0.1) is 18.4 Å². The largest absolute Gasteiger partial charge is 0.495 e. The van der Waals surface area contributed by atoms with Gasteiger partial charge in [0.25, 0.3) is 5.91 Å². The van der Waals surface area contributed by atoms with Crippen molar-refractivity contribution >= 4 is 11.6 Å². The number of carbonyl (C=O) groups is 1. The zero-order chi connectivity index (χ0) is 17.1. The lowest BCUT2D eigenvalue weighted by molar-refractivity contribution is 0.0742. The molecule has 0 saturated carbocycles. The van der Waals surface area contributed by atoms with E-state index in [4.69, 9.17) is 4.74 Å². The second-order valence-electron chi connectivity index (χ2n) is 5.93. The Hall–Kier alpha value is -2.56. The number of piperazine rings is 1. The fourth-order valence-corrected chi connectivity index (χ4v) is 3.00. The molecule has 0 aromatic heterocycles. The molecule has 2 aromatic rings. The van der Waals surface area contributed by atoms with E-state index in [9.17, 15) is 9.18 Å². The number of amides is 1. The zero-order valence-electron chi connectivity index (χ0n) is 14.0. The van der Waals surface area contributed by atoms with E-state index in [-0.39, 0.29) is 11.5 Å². The van der Waals surface area contributed by atoms with E-state index in [2.05, 4.69) is 11.0 Å². The number of benzene rings is 2. The lowest BCUT2D eigenvalue weighted by atomic mass is 10.1. The summed E-state index contributed by atoms with van der Waals surface area (Å²) in [5, 5.41) is 0. The zero-order valence-corrected chi connectivity index (χ0v) is 14.0. The van der Waals surface area contributed by atoms with E-state index in [1.165, 1.54) is 12.1 Å². The molecule has 0 atom stereocenters. The molecule has 0 spiro atoms. The van der Waals surface area contributed by atoms with Crippen molar-refractivity contribution in [1.29, 1.82) is 0 Å². The van der Waals surface area contributed by atoms with Crippen molar-refractivity contribution in [3.63, 3.8) is 0 Å². The standard InChI is InChI=1S/C19H21FN2O2/c1-14-7-8-18(24-2)17(13-14)21-9-11-22(12-10-21)19(23)15-5-3-4-6-16(15)20/h3-8,13H,9-12H2,1-2H3. The molecule has 1 heterocycles. The summed E-state index contributed by atoms with van der Waals surface area (Å²) in [4.78, 5) is 16.4. The van der Waals surface area contributed by atoms with Crippen molar-refractivity contribution in [1.82, 2.24) is 4.90 Å². The number of methoxy groups -OCH3 is 1. The molecule has 1 saturated heterocycles. The Kier molecular flexibility index (Phi) is 4.69. The maximum Gasteiger partial charge on any atom is 0.256 e. The molecule has 4 nitrogen and oxygen atoms in total. The van der Waals surface area contributed by atoms with Crippen LogP contribution >= 0.6 is 0 Å². The summed E-state index contributed by atoms with van der Waals surface area (Å²) in [5.41, 5.74) is 2.34. The Labute approximate surface area is 141 Å². The monoisotopic (exact) mass is 328 g/mol. The van der Waals surface area contributed by atoms with Crippen LogP contribution in [0, 0.1) is 12.7 Å². The average molecular weight is 328 g/mol. The third kappa shape index (κ3) is 3.20. The van der Waals surface area contributed by atoms with Crippen LogP contribution in [0.4, 0.5) is 10.1 Å². The lowest BCUT2D eigenvalue weighted by Crippen LogP contribution is -2.49. The Bertz CT molecular complexity index is 740. The molecule has 1 amide bonds. The number of hydrogen-bond acceptors (Lipinski definition) is 3. The average Bonchev–Trinajstić information content (AvgIpc) is 2.62. The van der Waals surface area contributed by atoms with Crippen molar-refractivity contribution < 1.29 is 13.9 Å². The Morgan fingerprint density at radius 3 is 2.46 bits per heavy atom. The van der Waals surface area contributed by atoms with Crippen LogP contribution in [0.25, 0.3) is 0 Å². The summed E-state index contributed by atoms with van der Waals surface area (Å²) in [6, 6.07) is 12.2. The van der Waals surface area contributed by atoms with E-state index in [1.54, 1.807) is 24.1 Å². The first kappa shape index (κ1) is 16.3. The van der Waals surface area contributed by atoms with Crippen molar-refractivity contribution in [2.45, 2.75) is 6.92 Å². The molecule has 0 N–H and O–H groups in total. The molecule has 0 aliphatic carbocycles. The fraction of sp³-hybridized carbons (Fsp3) is 0.316. The van der Waals surface area contributed by atoms with Gasteiger partial charge in [0.2, 0.25) is 0 Å². The second kappa shape index (κ2) is 6.91. The number of hydrogen-bond donors (Lipinski definition) is 0. The van der Waals surface area contributed by atoms with Gasteiger partial charge in [0, 0.05) is 26.2 Å². The molecule has 1 fully saturated rings. The van der Waals surface area contributed by atoms with Gasteiger partial charge in [-0.25, -0.2) is 4.39 Å². The van der Waals surface area contributed by atoms with E-state index >= 15 is 0 Å². The van der Waals surface area contributed by atoms with Crippen LogP contribution < -0.4 is 9.64 Å². The highest BCUT2D eigenvalue weighted by Gasteiger charge is 2.25. The molecule has 1 aliphatic rings. The fourth-order valence-electron chi connectivity index (χ4n) is 3.00. The maximum atomic E-state index is 13.8. The van der Waals surface area contributed by atoms with Crippen LogP contribution in [-0.2, 0) is 0 Å². The SMILES string of the molecule is COc1ccc(C)cc1N1CCN(C(=O)c2ccccc2F)CC1. The number of ether oxygens (including phenoxy) is 1. The van der Waals surface area contributed by atoms with Crippen molar-refractivity contribution in [2.24, 2.45) is 0 Å². The lowest BCUT2D eigenvalue weighted by Gasteiger charge is -2.36. The quantitative estimate of drug-likeness (QED) is 0.868. The predicted molar refractivity (Wildman–Crippen MR) is 92.2 cm³/mol. The van der Waals surface area contributed by atoms with E-state index in [1.807, 2.05) is 19.1 Å². The molecule has 24 heavy (non-hydrogen) atoms. The summed E-state index contributed by atoms with van der Waals surface area (Å²) in [7, 11) is 1.66. The van der Waals surface area contributed by atoms with Gasteiger partial charge in [-0.15, -0.1) is 0 Å². The van der Waals surface area contributed by atoms with Crippen LogP contribution in [0.2, 0.25) is 0 Å². The summed E-state index contributed by atoms with van der Waals surface area (Å²) in [5.74, 6) is 0.115. The second-order valence-corrected chi connectivity index (χ2v) is 5.93. The van der Waals surface area contributed by atoms with Crippen LogP contribution in [0.5, 0.6) is 5.75 Å². The summed E-state index contributed by atoms with van der Waals surface area (Å²) >= 11 is 0. The third-order valence-electron chi connectivity index (χ3n) is 4.35. The number of anilines is 1. The predicted octanol–water partition coefficient (Wildman–Crippen LogP) is 3.11. The summed E-state index contributed by atoms with van der Waals surface area (Å²) in [6.45, 7) is 4.55. The number of carbonyl (C=O) groups excluding carboxylic acids is 1. The van der Waals surface area contributed by atoms with Crippen molar-refractivity contribution in [3.8, 4) is 5.75 Å².